The molecular weight excluding hydrogens is 204 g/mol. The van der Waals surface area contributed by atoms with Crippen LogP contribution >= 0.6 is 0 Å². The van der Waals surface area contributed by atoms with Crippen LogP contribution in [0.1, 0.15) is 45.4 Å². The lowest BCUT2D eigenvalue weighted by atomic mass is 9.83. The van der Waals surface area contributed by atoms with Gasteiger partial charge in [-0.1, -0.05) is 19.3 Å². The summed E-state index contributed by atoms with van der Waals surface area (Å²) in [6.45, 7) is 1.46. The van der Waals surface area contributed by atoms with Crippen molar-refractivity contribution in [2.45, 2.75) is 57.7 Å². The molecular formula is C13H20O3. The highest BCUT2D eigenvalue weighted by Crippen LogP contribution is 2.32. The van der Waals surface area contributed by atoms with Crippen LogP contribution in [0.25, 0.3) is 0 Å². The first-order valence-corrected chi connectivity index (χ1v) is 6.25. The van der Waals surface area contributed by atoms with Gasteiger partial charge in [0.2, 0.25) is 0 Å². The molecule has 3 heteroatoms. The molecule has 1 saturated carbocycles. The van der Waals surface area contributed by atoms with Crippen molar-refractivity contribution < 1.29 is 14.3 Å². The van der Waals surface area contributed by atoms with Gasteiger partial charge in [0.25, 0.3) is 0 Å². The van der Waals surface area contributed by atoms with E-state index in [9.17, 15) is 4.79 Å². The molecule has 2 aliphatic rings. The molecule has 0 amide bonds. The predicted octanol–water partition coefficient (Wildman–Crippen LogP) is 2.80. The monoisotopic (exact) mass is 224 g/mol. The number of esters is 1. The zero-order valence-corrected chi connectivity index (χ0v) is 9.85. The molecule has 16 heavy (non-hydrogen) atoms. The Bertz CT molecular complexity index is 266. The maximum absolute atomic E-state index is 10.9. The van der Waals surface area contributed by atoms with Crippen LogP contribution in [-0.4, -0.2) is 18.2 Å². The van der Waals surface area contributed by atoms with Gasteiger partial charge in [-0.25, -0.2) is 0 Å². The van der Waals surface area contributed by atoms with Crippen LogP contribution in [0.2, 0.25) is 0 Å². The molecule has 0 spiro atoms. The summed E-state index contributed by atoms with van der Waals surface area (Å²) in [5, 5.41) is 0. The van der Waals surface area contributed by atoms with Crippen molar-refractivity contribution in [1.29, 1.82) is 0 Å². The van der Waals surface area contributed by atoms with E-state index in [-0.39, 0.29) is 18.2 Å². The van der Waals surface area contributed by atoms with E-state index in [4.69, 9.17) is 9.47 Å². The Hall–Kier alpha value is -0.990. The molecule has 1 aliphatic heterocycles. The van der Waals surface area contributed by atoms with Crippen LogP contribution < -0.4 is 0 Å². The van der Waals surface area contributed by atoms with E-state index in [1.54, 1.807) is 6.26 Å². The highest BCUT2D eigenvalue weighted by molar-refractivity contribution is 5.66. The van der Waals surface area contributed by atoms with Crippen molar-refractivity contribution in [1.82, 2.24) is 0 Å². The molecule has 0 radical (unpaired) electrons. The fourth-order valence-corrected chi connectivity index (χ4v) is 2.71. The van der Waals surface area contributed by atoms with Crippen LogP contribution in [0, 0.1) is 5.92 Å². The molecule has 1 aliphatic carbocycles. The molecule has 0 saturated heterocycles. The van der Waals surface area contributed by atoms with Gasteiger partial charge in [-0.05, 0) is 24.8 Å². The summed E-state index contributed by atoms with van der Waals surface area (Å²) in [6, 6.07) is 0. The Labute approximate surface area is 96.8 Å². The average molecular weight is 224 g/mol. The number of rotatable bonds is 2. The summed E-state index contributed by atoms with van der Waals surface area (Å²) in [4.78, 5) is 10.9. The van der Waals surface area contributed by atoms with Gasteiger partial charge in [0.1, 0.15) is 12.2 Å². The minimum absolute atomic E-state index is 0.0850. The van der Waals surface area contributed by atoms with Gasteiger partial charge in [0.15, 0.2) is 0 Å². The van der Waals surface area contributed by atoms with Crippen molar-refractivity contribution in [3.8, 4) is 0 Å². The summed E-state index contributed by atoms with van der Waals surface area (Å²) in [5.41, 5.74) is 0. The second-order valence-electron chi connectivity index (χ2n) is 4.78. The van der Waals surface area contributed by atoms with Crippen LogP contribution in [0.15, 0.2) is 12.3 Å². The summed E-state index contributed by atoms with van der Waals surface area (Å²) in [7, 11) is 0. The standard InChI is InChI=1S/C13H20O3/c1-10(14)16-12-7-8-15-13(9-12)11-5-3-2-4-6-11/h7-8,11-13H,2-6,9H2,1H3/t12-,13-/m1/s1. The Morgan fingerprint density at radius 3 is 2.75 bits per heavy atom. The van der Waals surface area contributed by atoms with E-state index in [1.165, 1.54) is 39.0 Å². The van der Waals surface area contributed by atoms with E-state index in [1.807, 2.05) is 6.08 Å². The summed E-state index contributed by atoms with van der Waals surface area (Å²) >= 11 is 0. The largest absolute Gasteiger partial charge is 0.498 e. The minimum atomic E-state index is -0.209. The molecule has 0 aromatic heterocycles. The third-order valence-corrected chi connectivity index (χ3v) is 3.50. The molecule has 2 atom stereocenters. The molecule has 90 valence electrons. The second kappa shape index (κ2) is 5.37. The van der Waals surface area contributed by atoms with Gasteiger partial charge in [-0.2, -0.15) is 0 Å². The first-order chi connectivity index (χ1) is 7.75. The van der Waals surface area contributed by atoms with Crippen molar-refractivity contribution in [3.63, 3.8) is 0 Å². The molecule has 1 fully saturated rings. The van der Waals surface area contributed by atoms with E-state index in [0.717, 1.165) is 6.42 Å². The Morgan fingerprint density at radius 1 is 1.31 bits per heavy atom. The number of ether oxygens (including phenoxy) is 2. The molecule has 0 aromatic rings. The van der Waals surface area contributed by atoms with Crippen LogP contribution in [0.3, 0.4) is 0 Å². The first kappa shape index (κ1) is 11.5. The normalized spacial score (nSPS) is 30.8. The quantitative estimate of drug-likeness (QED) is 0.677. The summed E-state index contributed by atoms with van der Waals surface area (Å²) in [5.74, 6) is 0.440. The van der Waals surface area contributed by atoms with E-state index in [0.29, 0.717) is 5.92 Å². The van der Waals surface area contributed by atoms with Gasteiger partial charge in [0, 0.05) is 13.3 Å². The third kappa shape index (κ3) is 3.00. The summed E-state index contributed by atoms with van der Waals surface area (Å²) in [6.07, 6.45) is 11.0. The van der Waals surface area contributed by atoms with Crippen molar-refractivity contribution in [2.24, 2.45) is 5.92 Å². The van der Waals surface area contributed by atoms with Gasteiger partial charge in [-0.15, -0.1) is 0 Å². The zero-order chi connectivity index (χ0) is 11.4. The summed E-state index contributed by atoms with van der Waals surface area (Å²) < 4.78 is 10.9. The lowest BCUT2D eigenvalue weighted by molar-refractivity contribution is -0.146. The van der Waals surface area contributed by atoms with Crippen molar-refractivity contribution >= 4 is 5.97 Å². The van der Waals surface area contributed by atoms with Gasteiger partial charge in [-0.3, -0.25) is 4.79 Å². The minimum Gasteiger partial charge on any atom is -0.498 e. The molecule has 2 rings (SSSR count). The zero-order valence-electron chi connectivity index (χ0n) is 9.85. The van der Waals surface area contributed by atoms with E-state index < -0.39 is 0 Å². The van der Waals surface area contributed by atoms with Crippen molar-refractivity contribution in [3.05, 3.63) is 12.3 Å². The molecule has 1 heterocycles. The van der Waals surface area contributed by atoms with Crippen LogP contribution in [-0.2, 0) is 14.3 Å². The number of carbonyl (C=O) groups is 1. The Balaban J connectivity index is 1.87. The van der Waals surface area contributed by atoms with Crippen LogP contribution in [0.5, 0.6) is 0 Å². The molecule has 0 bridgehead atoms. The smallest absolute Gasteiger partial charge is 0.303 e. The maximum atomic E-state index is 10.9. The van der Waals surface area contributed by atoms with Crippen molar-refractivity contribution in [2.75, 3.05) is 0 Å². The average Bonchev–Trinajstić information content (AvgIpc) is 2.30. The number of hydrogen-bond donors (Lipinski definition) is 0. The third-order valence-electron chi connectivity index (χ3n) is 3.50. The maximum Gasteiger partial charge on any atom is 0.303 e. The van der Waals surface area contributed by atoms with Gasteiger partial charge in [0.05, 0.1) is 6.26 Å². The van der Waals surface area contributed by atoms with E-state index >= 15 is 0 Å². The lowest BCUT2D eigenvalue weighted by Gasteiger charge is -2.33. The molecule has 0 aromatic carbocycles. The fraction of sp³-hybridized carbons (Fsp3) is 0.769. The topological polar surface area (TPSA) is 35.5 Å². The Morgan fingerprint density at radius 2 is 2.06 bits per heavy atom. The van der Waals surface area contributed by atoms with Crippen LogP contribution in [0.4, 0.5) is 0 Å². The van der Waals surface area contributed by atoms with E-state index in [2.05, 4.69) is 0 Å². The first-order valence-electron chi connectivity index (χ1n) is 6.25. The molecule has 0 unspecified atom stereocenters. The Kier molecular flexibility index (Phi) is 3.86. The van der Waals surface area contributed by atoms with Gasteiger partial charge < -0.3 is 9.47 Å². The molecule has 0 N–H and O–H groups in total. The van der Waals surface area contributed by atoms with Gasteiger partial charge >= 0.3 is 5.97 Å². The number of hydrogen-bond acceptors (Lipinski definition) is 3. The SMILES string of the molecule is CC(=O)O[C@@H]1C=CO[C@@H](C2CCCCC2)C1. The number of carbonyl (C=O) groups excluding carboxylic acids is 1. The second-order valence-corrected chi connectivity index (χ2v) is 4.78. The lowest BCUT2D eigenvalue weighted by Crippen LogP contribution is -2.32. The highest BCUT2D eigenvalue weighted by atomic mass is 16.5. The fourth-order valence-electron chi connectivity index (χ4n) is 2.71. The highest BCUT2D eigenvalue weighted by Gasteiger charge is 2.29. The molecule has 3 nitrogen and oxygen atoms in total. The predicted molar refractivity (Wildman–Crippen MR) is 60.8 cm³/mol.